The van der Waals surface area contributed by atoms with Crippen molar-refractivity contribution in [3.05, 3.63) is 243 Å². The lowest BCUT2D eigenvalue weighted by Crippen LogP contribution is -2.12. The summed E-state index contributed by atoms with van der Waals surface area (Å²) in [5, 5.41) is 9.91. The van der Waals surface area contributed by atoms with Gasteiger partial charge in [0.2, 0.25) is 0 Å². The van der Waals surface area contributed by atoms with E-state index in [1.807, 2.05) is 0 Å². The fraction of sp³-hybridized carbons (Fsp3) is 0. The standard InChI is InChI=1S/C60H40N2/c1-3-15-45-38-47(26-24-41(45)12-1)48-30-37-55(49-27-25-42-13-2-4-16-46(42)39-49)60(40-48)61(50-31-28-44(29-32-50)54-21-11-17-43-14-5-6-18-53(43)54)51-33-35-52(36-34-51)62-58-22-9-7-19-56(58)57-20-8-10-23-59(57)62/h1-40H. The Balaban J connectivity index is 1.07. The van der Waals surface area contributed by atoms with Crippen molar-refractivity contribution in [2.24, 2.45) is 0 Å². The van der Waals surface area contributed by atoms with Crippen molar-refractivity contribution in [3.63, 3.8) is 0 Å². The van der Waals surface area contributed by atoms with Gasteiger partial charge in [-0.15, -0.1) is 0 Å². The van der Waals surface area contributed by atoms with Crippen molar-refractivity contribution in [1.29, 1.82) is 0 Å². The van der Waals surface area contributed by atoms with Crippen LogP contribution in [-0.4, -0.2) is 4.57 Å². The number of rotatable bonds is 7. The lowest BCUT2D eigenvalue weighted by atomic mass is 9.94. The largest absolute Gasteiger partial charge is 0.310 e. The quantitative estimate of drug-likeness (QED) is 0.156. The van der Waals surface area contributed by atoms with Crippen LogP contribution in [0.3, 0.4) is 0 Å². The summed E-state index contributed by atoms with van der Waals surface area (Å²) in [6.45, 7) is 0. The van der Waals surface area contributed by atoms with Crippen LogP contribution in [0.2, 0.25) is 0 Å². The molecule has 0 saturated heterocycles. The van der Waals surface area contributed by atoms with Crippen molar-refractivity contribution in [1.82, 2.24) is 4.57 Å². The van der Waals surface area contributed by atoms with E-state index >= 15 is 0 Å². The van der Waals surface area contributed by atoms with E-state index in [1.54, 1.807) is 0 Å². The number of hydrogen-bond acceptors (Lipinski definition) is 1. The van der Waals surface area contributed by atoms with Crippen LogP contribution in [0.25, 0.3) is 93.2 Å². The fourth-order valence-corrected chi connectivity index (χ4v) is 9.51. The third kappa shape index (κ3) is 6.12. The van der Waals surface area contributed by atoms with Crippen LogP contribution in [0.4, 0.5) is 17.1 Å². The Morgan fingerprint density at radius 1 is 0.274 bits per heavy atom. The minimum Gasteiger partial charge on any atom is -0.310 e. The maximum absolute atomic E-state index is 2.44. The highest BCUT2D eigenvalue weighted by Crippen LogP contribution is 2.45. The molecule has 2 heteroatoms. The zero-order chi connectivity index (χ0) is 41.0. The van der Waals surface area contributed by atoms with Crippen LogP contribution < -0.4 is 4.90 Å². The minimum absolute atomic E-state index is 1.07. The van der Waals surface area contributed by atoms with Gasteiger partial charge in [-0.05, 0) is 127 Å². The van der Waals surface area contributed by atoms with Gasteiger partial charge in [0.05, 0.1) is 16.7 Å². The van der Waals surface area contributed by atoms with Crippen LogP contribution in [0.5, 0.6) is 0 Å². The lowest BCUT2D eigenvalue weighted by molar-refractivity contribution is 1.17. The van der Waals surface area contributed by atoms with Crippen LogP contribution in [-0.2, 0) is 0 Å². The van der Waals surface area contributed by atoms with Gasteiger partial charge >= 0.3 is 0 Å². The summed E-state index contributed by atoms with van der Waals surface area (Å²) in [6, 6.07) is 88.7. The maximum Gasteiger partial charge on any atom is 0.0546 e. The summed E-state index contributed by atoms with van der Waals surface area (Å²) in [6.07, 6.45) is 0. The topological polar surface area (TPSA) is 8.17 Å². The van der Waals surface area contributed by atoms with Gasteiger partial charge in [-0.25, -0.2) is 0 Å². The first-order valence-electron chi connectivity index (χ1n) is 21.3. The minimum atomic E-state index is 1.07. The molecule has 11 aromatic carbocycles. The number of hydrogen-bond donors (Lipinski definition) is 0. The smallest absolute Gasteiger partial charge is 0.0546 e. The Morgan fingerprint density at radius 3 is 1.40 bits per heavy atom. The second-order valence-electron chi connectivity index (χ2n) is 16.2. The molecule has 0 aliphatic heterocycles. The first kappa shape index (κ1) is 35.7. The molecule has 2 nitrogen and oxygen atoms in total. The Morgan fingerprint density at radius 2 is 0.742 bits per heavy atom. The van der Waals surface area contributed by atoms with Gasteiger partial charge in [-0.2, -0.15) is 0 Å². The summed E-state index contributed by atoms with van der Waals surface area (Å²) >= 11 is 0. The molecule has 0 aliphatic carbocycles. The fourth-order valence-electron chi connectivity index (χ4n) is 9.51. The predicted octanol–water partition coefficient (Wildman–Crippen LogP) is 16.7. The van der Waals surface area contributed by atoms with Crippen LogP contribution >= 0.6 is 0 Å². The number of anilines is 3. The lowest BCUT2D eigenvalue weighted by Gasteiger charge is -2.29. The molecule has 0 spiro atoms. The molecule has 0 amide bonds. The van der Waals surface area contributed by atoms with Gasteiger partial charge in [0, 0.05) is 33.4 Å². The summed E-state index contributed by atoms with van der Waals surface area (Å²) in [4.78, 5) is 2.44. The van der Waals surface area contributed by atoms with Gasteiger partial charge in [0.15, 0.2) is 0 Å². The molecule has 0 aliphatic rings. The molecule has 290 valence electrons. The molecular formula is C60H40N2. The maximum atomic E-state index is 2.44. The van der Waals surface area contributed by atoms with Crippen molar-refractivity contribution in [2.45, 2.75) is 0 Å². The molecule has 0 N–H and O–H groups in total. The molecule has 0 saturated carbocycles. The number of aromatic nitrogens is 1. The van der Waals surface area contributed by atoms with E-state index < -0.39 is 0 Å². The highest BCUT2D eigenvalue weighted by Gasteiger charge is 2.21. The molecule has 12 aromatic rings. The van der Waals surface area contributed by atoms with Crippen molar-refractivity contribution >= 4 is 71.2 Å². The molecular weight excluding hydrogens is 749 g/mol. The Kier molecular flexibility index (Phi) is 8.53. The van der Waals surface area contributed by atoms with Gasteiger partial charge < -0.3 is 9.47 Å². The summed E-state index contributed by atoms with van der Waals surface area (Å²) in [7, 11) is 0. The number of benzene rings is 11. The van der Waals surface area contributed by atoms with Crippen molar-refractivity contribution < 1.29 is 0 Å². The molecule has 1 aromatic heterocycles. The Hall–Kier alpha value is -8.20. The van der Waals surface area contributed by atoms with E-state index in [0.717, 1.165) is 33.9 Å². The zero-order valence-corrected chi connectivity index (χ0v) is 34.0. The summed E-state index contributed by atoms with van der Waals surface area (Å²) in [5.74, 6) is 0. The highest BCUT2D eigenvalue weighted by atomic mass is 15.1. The molecule has 0 unspecified atom stereocenters. The van der Waals surface area contributed by atoms with E-state index in [0.29, 0.717) is 0 Å². The van der Waals surface area contributed by atoms with Crippen LogP contribution in [0.15, 0.2) is 243 Å². The predicted molar refractivity (Wildman–Crippen MR) is 264 cm³/mol. The van der Waals surface area contributed by atoms with E-state index in [-0.39, 0.29) is 0 Å². The van der Waals surface area contributed by atoms with Gasteiger partial charge in [0.1, 0.15) is 0 Å². The first-order chi connectivity index (χ1) is 30.7. The molecule has 12 rings (SSSR count). The Bertz CT molecular complexity index is 3570. The molecule has 1 heterocycles. The van der Waals surface area contributed by atoms with Gasteiger partial charge in [-0.1, -0.05) is 176 Å². The highest BCUT2D eigenvalue weighted by molar-refractivity contribution is 6.09. The van der Waals surface area contributed by atoms with Crippen molar-refractivity contribution in [3.8, 4) is 39.1 Å². The second kappa shape index (κ2) is 14.8. The molecule has 0 fully saturated rings. The third-order valence-corrected chi connectivity index (χ3v) is 12.6. The molecule has 0 radical (unpaired) electrons. The monoisotopic (exact) mass is 788 g/mol. The SMILES string of the molecule is c1ccc2cc(-c3ccc(-c4ccc5ccccc5c4)c(N(c4ccc(-c5cccc6ccccc56)cc4)c4ccc(-n5c6ccccc6c6ccccc65)cc4)c3)ccc2c1. The second-order valence-corrected chi connectivity index (χ2v) is 16.2. The first-order valence-corrected chi connectivity index (χ1v) is 21.3. The normalized spacial score (nSPS) is 11.5. The number of nitrogens with zero attached hydrogens (tertiary/aromatic N) is 2. The average molecular weight is 789 g/mol. The molecule has 0 bridgehead atoms. The number of fused-ring (bicyclic) bond motifs is 6. The Labute approximate surface area is 360 Å². The van der Waals surface area contributed by atoms with Crippen LogP contribution in [0, 0.1) is 0 Å². The molecule has 62 heavy (non-hydrogen) atoms. The summed E-state index contributed by atoms with van der Waals surface area (Å²) < 4.78 is 2.39. The van der Waals surface area contributed by atoms with Crippen molar-refractivity contribution in [2.75, 3.05) is 4.90 Å². The van der Waals surface area contributed by atoms with E-state index in [1.165, 1.54) is 76.4 Å². The van der Waals surface area contributed by atoms with E-state index in [9.17, 15) is 0 Å². The van der Waals surface area contributed by atoms with E-state index in [4.69, 9.17) is 0 Å². The van der Waals surface area contributed by atoms with Gasteiger partial charge in [0.25, 0.3) is 0 Å². The zero-order valence-electron chi connectivity index (χ0n) is 34.0. The third-order valence-electron chi connectivity index (χ3n) is 12.6. The average Bonchev–Trinajstić information content (AvgIpc) is 3.68. The van der Waals surface area contributed by atoms with Crippen LogP contribution in [0.1, 0.15) is 0 Å². The van der Waals surface area contributed by atoms with E-state index in [2.05, 4.69) is 252 Å². The molecule has 0 atom stereocenters. The van der Waals surface area contributed by atoms with Gasteiger partial charge in [-0.3, -0.25) is 0 Å². The number of para-hydroxylation sites is 2. The summed E-state index contributed by atoms with van der Waals surface area (Å²) in [5.41, 5.74) is 13.9.